The van der Waals surface area contributed by atoms with Crippen molar-refractivity contribution in [1.29, 1.82) is 0 Å². The summed E-state index contributed by atoms with van der Waals surface area (Å²) in [5.74, 6) is 0.618. The van der Waals surface area contributed by atoms with Crippen LogP contribution in [-0.4, -0.2) is 43.8 Å². The Morgan fingerprint density at radius 2 is 1.82 bits per heavy atom. The molecule has 0 spiro atoms. The van der Waals surface area contributed by atoms with Gasteiger partial charge in [0, 0.05) is 0 Å². The predicted octanol–water partition coefficient (Wildman–Crippen LogP) is 2.90. The average molecular weight is 254 g/mol. The van der Waals surface area contributed by atoms with Crippen molar-refractivity contribution in [3.8, 4) is 0 Å². The van der Waals surface area contributed by atoms with E-state index in [1.165, 1.54) is 4.90 Å². The van der Waals surface area contributed by atoms with Crippen LogP contribution < -0.4 is 5.32 Å². The molecule has 0 aliphatic carbocycles. The Balaban J connectivity index is 3.50. The van der Waals surface area contributed by atoms with Crippen LogP contribution in [0.2, 0.25) is 0 Å². The molecule has 0 aromatic heterocycles. The third-order valence-electron chi connectivity index (χ3n) is 2.48. The van der Waals surface area contributed by atoms with E-state index in [0.717, 1.165) is 25.9 Å². The van der Waals surface area contributed by atoms with Crippen molar-refractivity contribution in [2.75, 3.05) is 32.7 Å². The lowest BCUT2D eigenvalue weighted by molar-refractivity contribution is -0.145. The van der Waals surface area contributed by atoms with Gasteiger partial charge in [-0.05, 0) is 44.9 Å². The third kappa shape index (κ3) is 12.0. The molecule has 0 amide bonds. The van der Waals surface area contributed by atoms with Crippen LogP contribution in [0.15, 0.2) is 0 Å². The molecular weight excluding hydrogens is 229 g/mol. The molecule has 1 N–H and O–H groups in total. The lowest BCUT2D eigenvalue weighted by Crippen LogP contribution is -2.35. The lowest BCUT2D eigenvalue weighted by Gasteiger charge is -2.21. The number of rotatable bonds is 9. The van der Waals surface area contributed by atoms with Crippen LogP contribution in [0.5, 0.6) is 0 Å². The quantitative estimate of drug-likeness (QED) is 0.636. The van der Waals surface area contributed by atoms with Crippen LogP contribution in [-0.2, 0) is 0 Å². The van der Waals surface area contributed by atoms with Crippen molar-refractivity contribution in [2.24, 2.45) is 5.92 Å². The van der Waals surface area contributed by atoms with Crippen LogP contribution in [0.25, 0.3) is 0 Å². The van der Waals surface area contributed by atoms with E-state index < -0.39 is 12.7 Å². The summed E-state index contributed by atoms with van der Waals surface area (Å²) in [7, 11) is 0. The Hall–Kier alpha value is -0.290. The second-order valence-electron chi connectivity index (χ2n) is 4.79. The van der Waals surface area contributed by atoms with E-state index >= 15 is 0 Å². The Morgan fingerprint density at radius 1 is 1.18 bits per heavy atom. The van der Waals surface area contributed by atoms with E-state index in [4.69, 9.17) is 0 Å². The predicted molar refractivity (Wildman–Crippen MR) is 65.1 cm³/mol. The Labute approximate surface area is 103 Å². The molecule has 0 atom stereocenters. The highest BCUT2D eigenvalue weighted by Gasteiger charge is 2.29. The fourth-order valence-corrected chi connectivity index (χ4v) is 1.58. The molecule has 5 heteroatoms. The van der Waals surface area contributed by atoms with E-state index in [2.05, 4.69) is 19.2 Å². The van der Waals surface area contributed by atoms with Crippen LogP contribution in [0.3, 0.4) is 0 Å². The first-order valence-electron chi connectivity index (χ1n) is 6.35. The number of nitrogens with zero attached hydrogens (tertiary/aromatic N) is 1. The minimum atomic E-state index is -4.08. The van der Waals surface area contributed by atoms with Gasteiger partial charge >= 0.3 is 6.18 Å². The van der Waals surface area contributed by atoms with Gasteiger partial charge in [0.05, 0.1) is 6.54 Å². The van der Waals surface area contributed by atoms with Gasteiger partial charge in [0.2, 0.25) is 0 Å². The van der Waals surface area contributed by atoms with Gasteiger partial charge in [-0.3, -0.25) is 4.90 Å². The van der Waals surface area contributed by atoms with Crippen LogP contribution >= 0.6 is 0 Å². The van der Waals surface area contributed by atoms with E-state index in [9.17, 15) is 13.2 Å². The molecule has 0 heterocycles. The van der Waals surface area contributed by atoms with Gasteiger partial charge < -0.3 is 5.32 Å². The monoisotopic (exact) mass is 254 g/mol. The van der Waals surface area contributed by atoms with Gasteiger partial charge in [-0.2, -0.15) is 13.2 Å². The highest BCUT2D eigenvalue weighted by atomic mass is 19.4. The molecule has 0 aromatic carbocycles. The van der Waals surface area contributed by atoms with E-state index in [-0.39, 0.29) is 0 Å². The Kier molecular flexibility index (Phi) is 8.60. The van der Waals surface area contributed by atoms with E-state index in [0.29, 0.717) is 19.0 Å². The average Bonchev–Trinajstić information content (AvgIpc) is 2.19. The van der Waals surface area contributed by atoms with Crippen molar-refractivity contribution in [1.82, 2.24) is 10.2 Å². The highest BCUT2D eigenvalue weighted by molar-refractivity contribution is 4.62. The second-order valence-corrected chi connectivity index (χ2v) is 4.79. The molecule has 0 rings (SSSR count). The number of alkyl halides is 3. The van der Waals surface area contributed by atoms with Crippen LogP contribution in [0, 0.1) is 5.92 Å². The normalized spacial score (nSPS) is 12.7. The van der Waals surface area contributed by atoms with Gasteiger partial charge in [-0.15, -0.1) is 0 Å². The molecule has 0 aromatic rings. The first kappa shape index (κ1) is 16.7. The van der Waals surface area contributed by atoms with Gasteiger partial charge in [0.1, 0.15) is 0 Å². The maximum atomic E-state index is 12.2. The largest absolute Gasteiger partial charge is 0.401 e. The maximum absolute atomic E-state index is 12.2. The first-order chi connectivity index (χ1) is 7.85. The Bertz CT molecular complexity index is 181. The molecule has 0 unspecified atom stereocenters. The van der Waals surface area contributed by atoms with Crippen molar-refractivity contribution in [3.63, 3.8) is 0 Å². The molecule has 104 valence electrons. The standard InChI is InChI=1S/C12H25F3N2/c1-4-17(10-12(13,14)15)8-6-5-7-16-9-11(2)3/h11,16H,4-10H2,1-3H3. The fourth-order valence-electron chi connectivity index (χ4n) is 1.58. The Morgan fingerprint density at radius 3 is 2.29 bits per heavy atom. The van der Waals surface area contributed by atoms with Crippen LogP contribution in [0.1, 0.15) is 33.6 Å². The summed E-state index contributed by atoms with van der Waals surface area (Å²) in [6.07, 6.45) is -2.33. The third-order valence-corrected chi connectivity index (χ3v) is 2.48. The van der Waals surface area contributed by atoms with Crippen molar-refractivity contribution >= 4 is 0 Å². The topological polar surface area (TPSA) is 15.3 Å². The summed E-state index contributed by atoms with van der Waals surface area (Å²) >= 11 is 0. The smallest absolute Gasteiger partial charge is 0.316 e. The number of halogens is 3. The zero-order chi connectivity index (χ0) is 13.3. The van der Waals surface area contributed by atoms with Gasteiger partial charge in [0.25, 0.3) is 0 Å². The molecular formula is C12H25F3N2. The second kappa shape index (κ2) is 8.75. The minimum Gasteiger partial charge on any atom is -0.316 e. The van der Waals surface area contributed by atoms with Crippen molar-refractivity contribution < 1.29 is 13.2 Å². The lowest BCUT2D eigenvalue weighted by atomic mass is 10.2. The summed E-state index contributed by atoms with van der Waals surface area (Å²) in [5, 5.41) is 3.28. The number of unbranched alkanes of at least 4 members (excludes halogenated alkanes) is 1. The molecule has 0 saturated carbocycles. The van der Waals surface area contributed by atoms with Gasteiger partial charge in [-0.25, -0.2) is 0 Å². The number of hydrogen-bond donors (Lipinski definition) is 1. The zero-order valence-corrected chi connectivity index (χ0v) is 11.1. The van der Waals surface area contributed by atoms with E-state index in [1.807, 2.05) is 0 Å². The fraction of sp³-hybridized carbons (Fsp3) is 1.00. The molecule has 0 fully saturated rings. The summed E-state index contributed by atoms with van der Waals surface area (Å²) in [6.45, 7) is 8.09. The first-order valence-corrected chi connectivity index (χ1v) is 6.35. The summed E-state index contributed by atoms with van der Waals surface area (Å²) in [4.78, 5) is 1.45. The van der Waals surface area contributed by atoms with E-state index in [1.54, 1.807) is 6.92 Å². The molecule has 0 aliphatic heterocycles. The molecule has 0 radical (unpaired) electrons. The molecule has 0 saturated heterocycles. The SMILES string of the molecule is CCN(CCCCNCC(C)C)CC(F)(F)F. The molecule has 0 bridgehead atoms. The van der Waals surface area contributed by atoms with Gasteiger partial charge in [-0.1, -0.05) is 20.8 Å². The van der Waals surface area contributed by atoms with Crippen molar-refractivity contribution in [2.45, 2.75) is 39.8 Å². The highest BCUT2D eigenvalue weighted by Crippen LogP contribution is 2.16. The summed E-state index contributed by atoms with van der Waals surface area (Å²) in [6, 6.07) is 0. The number of hydrogen-bond acceptors (Lipinski definition) is 2. The van der Waals surface area contributed by atoms with Crippen LogP contribution in [0.4, 0.5) is 13.2 Å². The summed E-state index contributed by atoms with van der Waals surface area (Å²) < 4.78 is 36.5. The van der Waals surface area contributed by atoms with Gasteiger partial charge in [0.15, 0.2) is 0 Å². The minimum absolute atomic E-state index is 0.457. The molecule has 17 heavy (non-hydrogen) atoms. The molecule has 0 aliphatic rings. The summed E-state index contributed by atoms with van der Waals surface area (Å²) in [5.41, 5.74) is 0. The zero-order valence-electron chi connectivity index (χ0n) is 11.1. The molecule has 2 nitrogen and oxygen atoms in total. The van der Waals surface area contributed by atoms with Crippen molar-refractivity contribution in [3.05, 3.63) is 0 Å². The number of nitrogens with one attached hydrogen (secondary N) is 1. The maximum Gasteiger partial charge on any atom is 0.401 e.